The molecule has 1 saturated carbocycles. The zero-order chi connectivity index (χ0) is 23.5. The molecule has 178 valence electrons. The maximum absolute atomic E-state index is 13.3. The number of carbonyl (C=O) groups excluding carboxylic acids is 4. The van der Waals surface area contributed by atoms with Gasteiger partial charge >= 0.3 is 0 Å². The van der Waals surface area contributed by atoms with Crippen molar-refractivity contribution >= 4 is 46.8 Å². The number of nitrogens with one attached hydrogen (secondary N) is 1. The van der Waals surface area contributed by atoms with E-state index in [1.54, 1.807) is 34.9 Å². The number of amides is 4. The summed E-state index contributed by atoms with van der Waals surface area (Å²) in [6.07, 6.45) is 6.98. The summed E-state index contributed by atoms with van der Waals surface area (Å²) in [4.78, 5) is 54.6. The molecule has 2 aliphatic heterocycles. The SMILES string of the molecule is COc1cc(NC(=O)C(CCSC)N2C(=O)C3CCCCC3C2=O)ccc1N1CCCC1=O. The second-order valence-electron chi connectivity index (χ2n) is 8.87. The Morgan fingerprint density at radius 3 is 2.42 bits per heavy atom. The van der Waals surface area contributed by atoms with Crippen LogP contribution < -0.4 is 15.0 Å². The number of benzene rings is 1. The molecular formula is C24H31N3O5S. The first kappa shape index (κ1) is 23.6. The Morgan fingerprint density at radius 1 is 1.15 bits per heavy atom. The van der Waals surface area contributed by atoms with E-state index in [9.17, 15) is 19.2 Å². The average molecular weight is 474 g/mol. The lowest BCUT2D eigenvalue weighted by atomic mass is 9.81. The van der Waals surface area contributed by atoms with Crippen molar-refractivity contribution in [2.45, 2.75) is 51.0 Å². The maximum Gasteiger partial charge on any atom is 0.247 e. The number of imide groups is 1. The van der Waals surface area contributed by atoms with Gasteiger partial charge in [0.2, 0.25) is 23.6 Å². The highest BCUT2D eigenvalue weighted by Gasteiger charge is 2.51. The van der Waals surface area contributed by atoms with Crippen molar-refractivity contribution in [3.05, 3.63) is 18.2 Å². The Bertz CT molecular complexity index is 928. The number of nitrogens with zero attached hydrogens (tertiary/aromatic N) is 2. The molecule has 2 saturated heterocycles. The first-order valence-corrected chi connectivity index (χ1v) is 13.0. The average Bonchev–Trinajstić information content (AvgIpc) is 3.36. The maximum atomic E-state index is 13.3. The number of carbonyl (C=O) groups is 4. The van der Waals surface area contributed by atoms with E-state index in [0.717, 1.165) is 32.1 Å². The van der Waals surface area contributed by atoms with Crippen LogP contribution in [0.2, 0.25) is 0 Å². The molecule has 0 aromatic heterocycles. The third kappa shape index (κ3) is 4.60. The van der Waals surface area contributed by atoms with Gasteiger partial charge in [0, 0.05) is 24.7 Å². The van der Waals surface area contributed by atoms with E-state index in [2.05, 4.69) is 5.32 Å². The van der Waals surface area contributed by atoms with Gasteiger partial charge in [-0.25, -0.2) is 0 Å². The van der Waals surface area contributed by atoms with Gasteiger partial charge in [0.25, 0.3) is 0 Å². The van der Waals surface area contributed by atoms with Gasteiger partial charge in [-0.15, -0.1) is 0 Å². The smallest absolute Gasteiger partial charge is 0.247 e. The predicted molar refractivity (Wildman–Crippen MR) is 127 cm³/mol. The molecule has 9 heteroatoms. The van der Waals surface area contributed by atoms with Gasteiger partial charge in [-0.2, -0.15) is 11.8 Å². The Balaban J connectivity index is 1.54. The van der Waals surface area contributed by atoms with Crippen molar-refractivity contribution in [1.29, 1.82) is 0 Å². The van der Waals surface area contributed by atoms with Crippen LogP contribution >= 0.6 is 11.8 Å². The number of likely N-dealkylation sites (tertiary alicyclic amines) is 1. The molecule has 0 spiro atoms. The van der Waals surface area contributed by atoms with Gasteiger partial charge in [-0.1, -0.05) is 12.8 Å². The fourth-order valence-electron chi connectivity index (χ4n) is 5.21. The van der Waals surface area contributed by atoms with E-state index in [4.69, 9.17) is 4.74 Å². The summed E-state index contributed by atoms with van der Waals surface area (Å²) < 4.78 is 5.48. The molecule has 4 amide bonds. The number of ether oxygens (including phenoxy) is 1. The topological polar surface area (TPSA) is 96.0 Å². The first-order valence-electron chi connectivity index (χ1n) is 11.6. The first-order chi connectivity index (χ1) is 16.0. The molecule has 2 heterocycles. The van der Waals surface area contributed by atoms with Crippen LogP contribution in [0.1, 0.15) is 44.9 Å². The molecule has 3 atom stereocenters. The standard InChI is InChI=1S/C24H31N3O5S/c1-32-20-14-15(9-10-18(20)26-12-5-8-21(26)28)25-22(29)19(11-13-33-2)27-23(30)16-6-3-4-7-17(16)24(27)31/h9-10,14,16-17,19H,3-8,11-13H2,1-2H3,(H,25,29). The Hall–Kier alpha value is -2.55. The summed E-state index contributed by atoms with van der Waals surface area (Å²) in [6, 6.07) is 4.32. The van der Waals surface area contributed by atoms with Crippen molar-refractivity contribution in [3.63, 3.8) is 0 Å². The molecule has 3 aliphatic rings. The molecule has 1 aromatic rings. The summed E-state index contributed by atoms with van der Waals surface area (Å²) in [6.45, 7) is 0.638. The molecule has 3 fully saturated rings. The molecule has 8 nitrogen and oxygen atoms in total. The van der Waals surface area contributed by atoms with Crippen LogP contribution in [0.3, 0.4) is 0 Å². The van der Waals surface area contributed by atoms with Gasteiger partial charge in [-0.3, -0.25) is 24.1 Å². The van der Waals surface area contributed by atoms with Crippen LogP contribution in [0.15, 0.2) is 18.2 Å². The van der Waals surface area contributed by atoms with Crippen LogP contribution in [0, 0.1) is 11.8 Å². The highest BCUT2D eigenvalue weighted by molar-refractivity contribution is 7.98. The van der Waals surface area contributed by atoms with Crippen LogP contribution in [-0.4, -0.2) is 60.2 Å². The van der Waals surface area contributed by atoms with E-state index in [1.807, 2.05) is 6.26 Å². The lowest BCUT2D eigenvalue weighted by molar-refractivity contribution is -0.146. The molecule has 4 rings (SSSR count). The summed E-state index contributed by atoms with van der Waals surface area (Å²) in [7, 11) is 1.52. The van der Waals surface area contributed by atoms with Crippen LogP contribution in [0.4, 0.5) is 11.4 Å². The zero-order valence-electron chi connectivity index (χ0n) is 19.2. The highest BCUT2D eigenvalue weighted by atomic mass is 32.2. The normalized spacial score (nSPS) is 23.6. The minimum Gasteiger partial charge on any atom is -0.494 e. The van der Waals surface area contributed by atoms with Crippen molar-refractivity contribution in [2.75, 3.05) is 35.9 Å². The second-order valence-corrected chi connectivity index (χ2v) is 9.85. The predicted octanol–water partition coefficient (Wildman–Crippen LogP) is 3.06. The third-order valence-corrected chi connectivity index (χ3v) is 7.54. The summed E-state index contributed by atoms with van der Waals surface area (Å²) in [5.41, 5.74) is 1.17. The molecule has 1 aromatic carbocycles. The molecular weight excluding hydrogens is 442 g/mol. The number of thioether (sulfide) groups is 1. The quantitative estimate of drug-likeness (QED) is 0.583. The van der Waals surface area contributed by atoms with Crippen LogP contribution in [0.25, 0.3) is 0 Å². The number of anilines is 2. The Kier molecular flexibility index (Phi) is 7.26. The Labute approximate surface area is 198 Å². The molecule has 33 heavy (non-hydrogen) atoms. The lowest BCUT2D eigenvalue weighted by Crippen LogP contribution is -2.48. The molecule has 0 radical (unpaired) electrons. The molecule has 0 bridgehead atoms. The molecule has 1 aliphatic carbocycles. The highest BCUT2D eigenvalue weighted by Crippen LogP contribution is 2.40. The minimum absolute atomic E-state index is 0.0507. The van der Waals surface area contributed by atoms with Crippen molar-refractivity contribution in [1.82, 2.24) is 4.90 Å². The van der Waals surface area contributed by atoms with Crippen molar-refractivity contribution in [3.8, 4) is 5.75 Å². The molecule has 1 N–H and O–H groups in total. The minimum atomic E-state index is -0.839. The van der Waals surface area contributed by atoms with E-state index in [-0.39, 0.29) is 35.5 Å². The van der Waals surface area contributed by atoms with Crippen LogP contribution in [0.5, 0.6) is 5.75 Å². The van der Waals surface area contributed by atoms with Crippen molar-refractivity contribution in [2.24, 2.45) is 11.8 Å². The van der Waals surface area contributed by atoms with Crippen LogP contribution in [-0.2, 0) is 19.2 Å². The van der Waals surface area contributed by atoms with Gasteiger partial charge in [0.05, 0.1) is 24.6 Å². The number of hydrogen-bond donors (Lipinski definition) is 1. The number of methoxy groups -OCH3 is 1. The Morgan fingerprint density at radius 2 is 1.85 bits per heavy atom. The van der Waals surface area contributed by atoms with Gasteiger partial charge in [-0.05, 0) is 49.8 Å². The van der Waals surface area contributed by atoms with E-state index in [0.29, 0.717) is 42.3 Å². The van der Waals surface area contributed by atoms with Gasteiger partial charge < -0.3 is 15.0 Å². The number of rotatable bonds is 8. The second kappa shape index (κ2) is 10.2. The summed E-state index contributed by atoms with van der Waals surface area (Å²) in [5, 5.41) is 2.88. The number of fused-ring (bicyclic) bond motifs is 1. The number of hydrogen-bond acceptors (Lipinski definition) is 6. The largest absolute Gasteiger partial charge is 0.494 e. The lowest BCUT2D eigenvalue weighted by Gasteiger charge is -2.26. The summed E-state index contributed by atoms with van der Waals surface area (Å²) >= 11 is 1.58. The van der Waals surface area contributed by atoms with Crippen molar-refractivity contribution < 1.29 is 23.9 Å². The fraction of sp³-hybridized carbons (Fsp3) is 0.583. The third-order valence-electron chi connectivity index (χ3n) is 6.90. The van der Waals surface area contributed by atoms with Gasteiger partial charge in [0.15, 0.2) is 0 Å². The summed E-state index contributed by atoms with van der Waals surface area (Å²) in [5.74, 6) is -0.155. The van der Waals surface area contributed by atoms with Gasteiger partial charge in [0.1, 0.15) is 11.8 Å². The van der Waals surface area contributed by atoms with E-state index < -0.39 is 6.04 Å². The molecule has 3 unspecified atom stereocenters. The van der Waals surface area contributed by atoms with E-state index >= 15 is 0 Å². The monoisotopic (exact) mass is 473 g/mol. The zero-order valence-corrected chi connectivity index (χ0v) is 20.0. The fourth-order valence-corrected chi connectivity index (χ4v) is 5.67. The van der Waals surface area contributed by atoms with E-state index in [1.165, 1.54) is 12.0 Å².